The van der Waals surface area contributed by atoms with E-state index in [-0.39, 0.29) is 6.10 Å². The van der Waals surface area contributed by atoms with E-state index in [9.17, 15) is 0 Å². The van der Waals surface area contributed by atoms with Gasteiger partial charge in [0, 0.05) is 30.4 Å². The predicted molar refractivity (Wildman–Crippen MR) is 87.6 cm³/mol. The Morgan fingerprint density at radius 2 is 2.05 bits per heavy atom. The minimum Gasteiger partial charge on any atom is -0.496 e. The van der Waals surface area contributed by atoms with Crippen LogP contribution in [0.15, 0.2) is 30.3 Å². The van der Waals surface area contributed by atoms with Gasteiger partial charge in [-0.15, -0.1) is 0 Å². The van der Waals surface area contributed by atoms with Crippen molar-refractivity contribution in [3.05, 3.63) is 41.6 Å². The van der Waals surface area contributed by atoms with Crippen LogP contribution in [0.2, 0.25) is 0 Å². The zero-order chi connectivity index (χ0) is 15.5. The average molecular weight is 298 g/mol. The van der Waals surface area contributed by atoms with Crippen molar-refractivity contribution >= 4 is 0 Å². The number of nitrogens with one attached hydrogen (secondary N) is 1. The maximum atomic E-state index is 6.07. The third kappa shape index (κ3) is 2.92. The van der Waals surface area contributed by atoms with Crippen LogP contribution in [0, 0.1) is 6.92 Å². The molecule has 4 nitrogen and oxygen atoms in total. The second-order valence-corrected chi connectivity index (χ2v) is 5.58. The lowest BCUT2D eigenvalue weighted by Gasteiger charge is -2.29. The number of nitrogens with zero attached hydrogens (tertiary/aromatic N) is 1. The minimum atomic E-state index is 0.262. The van der Waals surface area contributed by atoms with E-state index >= 15 is 0 Å². The summed E-state index contributed by atoms with van der Waals surface area (Å²) in [7, 11) is 1.69. The van der Waals surface area contributed by atoms with Gasteiger partial charge in [0.2, 0.25) is 0 Å². The minimum absolute atomic E-state index is 0.262. The number of aromatic nitrogens is 1. The lowest BCUT2D eigenvalue weighted by molar-refractivity contribution is 0.140. The number of ether oxygens (including phenoxy) is 2. The number of benzene rings is 1. The van der Waals surface area contributed by atoms with Crippen molar-refractivity contribution in [2.45, 2.75) is 26.4 Å². The van der Waals surface area contributed by atoms with Crippen molar-refractivity contribution < 1.29 is 9.47 Å². The fraction of sp³-hybridized carbons (Fsp3) is 0.389. The molecule has 1 N–H and O–H groups in total. The first-order valence-electron chi connectivity index (χ1n) is 7.73. The van der Waals surface area contributed by atoms with Crippen molar-refractivity contribution in [2.75, 3.05) is 20.2 Å². The number of hydrogen-bond acceptors (Lipinski definition) is 4. The van der Waals surface area contributed by atoms with Crippen molar-refractivity contribution in [3.8, 4) is 22.8 Å². The first-order valence-corrected chi connectivity index (χ1v) is 7.73. The van der Waals surface area contributed by atoms with Crippen LogP contribution in [0.25, 0.3) is 11.3 Å². The zero-order valence-corrected chi connectivity index (χ0v) is 13.3. The number of methoxy groups -OCH3 is 1. The fourth-order valence-corrected chi connectivity index (χ4v) is 2.58. The van der Waals surface area contributed by atoms with Gasteiger partial charge in [0.1, 0.15) is 17.6 Å². The van der Waals surface area contributed by atoms with Crippen LogP contribution in [0.5, 0.6) is 11.5 Å². The van der Waals surface area contributed by atoms with Crippen molar-refractivity contribution in [2.24, 2.45) is 0 Å². The van der Waals surface area contributed by atoms with E-state index in [0.717, 1.165) is 48.0 Å². The maximum absolute atomic E-state index is 6.07. The molecule has 0 unspecified atom stereocenters. The van der Waals surface area contributed by atoms with Gasteiger partial charge in [-0.3, -0.25) is 4.98 Å². The van der Waals surface area contributed by atoms with Crippen molar-refractivity contribution in [3.63, 3.8) is 0 Å². The highest BCUT2D eigenvalue weighted by atomic mass is 16.5. The van der Waals surface area contributed by atoms with E-state index in [4.69, 9.17) is 9.47 Å². The second-order valence-electron chi connectivity index (χ2n) is 5.58. The summed E-state index contributed by atoms with van der Waals surface area (Å²) >= 11 is 0. The summed E-state index contributed by atoms with van der Waals surface area (Å²) in [6.07, 6.45) is 1.18. The standard InChI is InChI=1S/C18H22N2O2/c1-4-13-8-15(16-7-5-6-12(2)20-16)18(21-3)9-17(13)22-14-10-19-11-14/h5-9,14,19H,4,10-11H2,1-3H3. The number of rotatable bonds is 5. The summed E-state index contributed by atoms with van der Waals surface area (Å²) in [5.41, 5.74) is 4.13. The van der Waals surface area contributed by atoms with E-state index in [0.29, 0.717) is 0 Å². The molecule has 4 heteroatoms. The maximum Gasteiger partial charge on any atom is 0.131 e. The van der Waals surface area contributed by atoms with Crippen LogP contribution >= 0.6 is 0 Å². The van der Waals surface area contributed by atoms with Gasteiger partial charge in [-0.1, -0.05) is 13.0 Å². The molecule has 1 fully saturated rings. The molecule has 22 heavy (non-hydrogen) atoms. The average Bonchev–Trinajstić information content (AvgIpc) is 2.50. The van der Waals surface area contributed by atoms with Gasteiger partial charge in [0.05, 0.1) is 12.8 Å². The normalized spacial score (nSPS) is 14.5. The van der Waals surface area contributed by atoms with Gasteiger partial charge in [-0.2, -0.15) is 0 Å². The first-order chi connectivity index (χ1) is 10.7. The summed E-state index contributed by atoms with van der Waals surface area (Å²) in [4.78, 5) is 4.61. The molecule has 0 aliphatic carbocycles. The van der Waals surface area contributed by atoms with Gasteiger partial charge >= 0.3 is 0 Å². The van der Waals surface area contributed by atoms with Crippen LogP contribution in [-0.4, -0.2) is 31.3 Å². The Balaban J connectivity index is 2.02. The molecule has 0 radical (unpaired) electrons. The van der Waals surface area contributed by atoms with Gasteiger partial charge in [-0.05, 0) is 37.1 Å². The molecule has 1 aromatic carbocycles. The van der Waals surface area contributed by atoms with Gasteiger partial charge in [0.15, 0.2) is 0 Å². The Morgan fingerprint density at radius 1 is 1.23 bits per heavy atom. The summed E-state index contributed by atoms with van der Waals surface area (Å²) in [5, 5.41) is 3.22. The largest absolute Gasteiger partial charge is 0.496 e. The molecular weight excluding hydrogens is 276 g/mol. The SMILES string of the molecule is CCc1cc(-c2cccc(C)n2)c(OC)cc1OC1CNC1. The van der Waals surface area contributed by atoms with Crippen LogP contribution < -0.4 is 14.8 Å². The summed E-state index contributed by atoms with van der Waals surface area (Å²) < 4.78 is 11.6. The molecule has 116 valence electrons. The topological polar surface area (TPSA) is 43.4 Å². The number of aryl methyl sites for hydroxylation is 2. The quantitative estimate of drug-likeness (QED) is 0.921. The highest BCUT2D eigenvalue weighted by molar-refractivity contribution is 5.70. The van der Waals surface area contributed by atoms with Gasteiger partial charge in [-0.25, -0.2) is 0 Å². The van der Waals surface area contributed by atoms with Crippen LogP contribution in [0.1, 0.15) is 18.2 Å². The predicted octanol–water partition coefficient (Wildman–Crippen LogP) is 2.98. The molecule has 0 saturated carbocycles. The van der Waals surface area contributed by atoms with E-state index in [1.54, 1.807) is 7.11 Å². The zero-order valence-electron chi connectivity index (χ0n) is 13.3. The van der Waals surface area contributed by atoms with Crippen molar-refractivity contribution in [1.29, 1.82) is 0 Å². The highest BCUT2D eigenvalue weighted by Gasteiger charge is 2.21. The molecule has 1 saturated heterocycles. The molecular formula is C18H22N2O2. The molecule has 3 rings (SSSR count). The van der Waals surface area contributed by atoms with E-state index < -0.39 is 0 Å². The lowest BCUT2D eigenvalue weighted by Crippen LogP contribution is -2.50. The third-order valence-electron chi connectivity index (χ3n) is 3.97. The molecule has 0 bridgehead atoms. The Hall–Kier alpha value is -2.07. The number of pyridine rings is 1. The van der Waals surface area contributed by atoms with E-state index in [2.05, 4.69) is 23.3 Å². The Bertz CT molecular complexity index is 666. The summed E-state index contributed by atoms with van der Waals surface area (Å²) in [6, 6.07) is 10.2. The molecule has 1 aromatic heterocycles. The molecule has 1 aliphatic rings. The molecule has 0 amide bonds. The van der Waals surface area contributed by atoms with Gasteiger partial charge < -0.3 is 14.8 Å². The Kier molecular flexibility index (Phi) is 4.29. The smallest absolute Gasteiger partial charge is 0.131 e. The Morgan fingerprint density at radius 3 is 2.64 bits per heavy atom. The van der Waals surface area contributed by atoms with Crippen LogP contribution in [-0.2, 0) is 6.42 Å². The molecule has 0 atom stereocenters. The van der Waals surface area contributed by atoms with Crippen LogP contribution in [0.3, 0.4) is 0 Å². The molecule has 2 heterocycles. The van der Waals surface area contributed by atoms with E-state index in [1.165, 1.54) is 5.56 Å². The monoisotopic (exact) mass is 298 g/mol. The summed E-state index contributed by atoms with van der Waals surface area (Å²) in [6.45, 7) is 5.96. The fourth-order valence-electron chi connectivity index (χ4n) is 2.58. The Labute approximate surface area is 131 Å². The van der Waals surface area contributed by atoms with Crippen molar-refractivity contribution in [1.82, 2.24) is 10.3 Å². The van der Waals surface area contributed by atoms with Gasteiger partial charge in [0.25, 0.3) is 0 Å². The van der Waals surface area contributed by atoms with E-state index in [1.807, 2.05) is 31.2 Å². The summed E-state index contributed by atoms with van der Waals surface area (Å²) in [5.74, 6) is 1.72. The second kappa shape index (κ2) is 6.36. The highest BCUT2D eigenvalue weighted by Crippen LogP contribution is 2.36. The molecule has 2 aromatic rings. The third-order valence-corrected chi connectivity index (χ3v) is 3.97. The van der Waals surface area contributed by atoms with Crippen LogP contribution in [0.4, 0.5) is 0 Å². The number of hydrogen-bond donors (Lipinski definition) is 1. The first kappa shape index (κ1) is 14.9. The molecule has 0 spiro atoms. The lowest BCUT2D eigenvalue weighted by atomic mass is 10.0. The molecule has 1 aliphatic heterocycles.